The van der Waals surface area contributed by atoms with Crippen molar-refractivity contribution in [1.82, 2.24) is 4.98 Å². The minimum absolute atomic E-state index is 0.128. The molecule has 0 radical (unpaired) electrons. The van der Waals surface area contributed by atoms with Crippen molar-refractivity contribution in [3.63, 3.8) is 0 Å². The molecule has 7 heteroatoms. The Morgan fingerprint density at radius 2 is 1.76 bits per heavy atom. The Hall–Kier alpha value is -3.19. The third-order valence-corrected chi connectivity index (χ3v) is 4.41. The quantitative estimate of drug-likeness (QED) is 0.544. The molecule has 1 heterocycles. The molecule has 0 saturated carbocycles. The topological polar surface area (TPSA) is 85.1 Å². The van der Waals surface area contributed by atoms with Crippen molar-refractivity contribution in [3.05, 3.63) is 88.7 Å². The Labute approximate surface area is 148 Å². The molecule has 3 aromatic rings. The van der Waals surface area contributed by atoms with Crippen molar-refractivity contribution in [2.45, 2.75) is 9.79 Å². The summed E-state index contributed by atoms with van der Waals surface area (Å²) >= 11 is 1.38. The number of non-ortho nitro benzene ring substituents is 1. The number of carbonyl (C=O) groups excluding carboxylic acids is 1. The third kappa shape index (κ3) is 4.21. The fourth-order valence-corrected chi connectivity index (χ4v) is 3.09. The van der Waals surface area contributed by atoms with Gasteiger partial charge in [0.05, 0.1) is 10.5 Å². The number of benzene rings is 2. The summed E-state index contributed by atoms with van der Waals surface area (Å²) in [7, 11) is 0. The van der Waals surface area contributed by atoms with Crippen LogP contribution >= 0.6 is 11.8 Å². The molecule has 25 heavy (non-hydrogen) atoms. The van der Waals surface area contributed by atoms with Gasteiger partial charge in [-0.05, 0) is 30.3 Å². The molecule has 3 rings (SSSR count). The van der Waals surface area contributed by atoms with Crippen LogP contribution in [-0.4, -0.2) is 15.8 Å². The Morgan fingerprint density at radius 3 is 2.44 bits per heavy atom. The maximum atomic E-state index is 12.6. The average molecular weight is 351 g/mol. The van der Waals surface area contributed by atoms with Crippen LogP contribution in [0.2, 0.25) is 0 Å². The summed E-state index contributed by atoms with van der Waals surface area (Å²) < 4.78 is 0. The van der Waals surface area contributed by atoms with Crippen LogP contribution in [-0.2, 0) is 0 Å². The lowest BCUT2D eigenvalue weighted by atomic mass is 10.2. The molecule has 1 N–H and O–H groups in total. The molecule has 0 fully saturated rings. The van der Waals surface area contributed by atoms with E-state index in [-0.39, 0.29) is 11.3 Å². The molecular weight excluding hydrogens is 338 g/mol. The summed E-state index contributed by atoms with van der Waals surface area (Å²) in [6, 6.07) is 17.1. The first-order valence-electron chi connectivity index (χ1n) is 7.36. The van der Waals surface area contributed by atoms with Gasteiger partial charge in [-0.15, -0.1) is 0 Å². The Balaban J connectivity index is 1.94. The maximum absolute atomic E-state index is 12.6. The molecule has 0 aliphatic rings. The minimum Gasteiger partial charge on any atom is -0.322 e. The molecule has 0 aliphatic heterocycles. The zero-order valence-electron chi connectivity index (χ0n) is 13.0. The summed E-state index contributed by atoms with van der Waals surface area (Å²) in [4.78, 5) is 28.7. The zero-order valence-corrected chi connectivity index (χ0v) is 13.8. The van der Waals surface area contributed by atoms with Gasteiger partial charge >= 0.3 is 0 Å². The van der Waals surface area contributed by atoms with Crippen LogP contribution in [0.3, 0.4) is 0 Å². The number of pyridine rings is 1. The fraction of sp³-hybridized carbons (Fsp3) is 0. The minimum atomic E-state index is -0.514. The second kappa shape index (κ2) is 7.59. The monoisotopic (exact) mass is 351 g/mol. The van der Waals surface area contributed by atoms with Crippen molar-refractivity contribution in [2.24, 2.45) is 0 Å². The highest BCUT2D eigenvalue weighted by molar-refractivity contribution is 7.99. The summed E-state index contributed by atoms with van der Waals surface area (Å²) in [5, 5.41) is 13.8. The van der Waals surface area contributed by atoms with E-state index in [1.54, 1.807) is 30.6 Å². The predicted octanol–water partition coefficient (Wildman–Crippen LogP) is 4.39. The molecule has 0 spiro atoms. The Kier molecular flexibility index (Phi) is 5.06. The molecule has 6 nitrogen and oxygen atoms in total. The normalized spacial score (nSPS) is 10.2. The molecule has 0 atom stereocenters. The number of nitrogens with one attached hydrogen (secondary N) is 1. The first-order chi connectivity index (χ1) is 12.1. The van der Waals surface area contributed by atoms with Gasteiger partial charge in [-0.2, -0.15) is 0 Å². The van der Waals surface area contributed by atoms with Gasteiger partial charge in [-0.25, -0.2) is 0 Å². The van der Waals surface area contributed by atoms with Crippen LogP contribution < -0.4 is 5.32 Å². The highest BCUT2D eigenvalue weighted by Gasteiger charge is 2.18. The Bertz CT molecular complexity index is 902. The van der Waals surface area contributed by atoms with Gasteiger partial charge in [-0.1, -0.05) is 30.0 Å². The number of amides is 1. The van der Waals surface area contributed by atoms with Crippen molar-refractivity contribution < 1.29 is 9.72 Å². The molecule has 1 amide bonds. The number of anilines is 1. The van der Waals surface area contributed by atoms with E-state index in [0.29, 0.717) is 10.6 Å². The second-order valence-electron chi connectivity index (χ2n) is 5.04. The van der Waals surface area contributed by atoms with Crippen molar-refractivity contribution in [3.8, 4) is 0 Å². The highest BCUT2D eigenvalue weighted by atomic mass is 32.2. The van der Waals surface area contributed by atoms with Gasteiger partial charge in [0.2, 0.25) is 0 Å². The predicted molar refractivity (Wildman–Crippen MR) is 95.9 cm³/mol. The molecule has 1 aromatic heterocycles. The molecule has 0 bridgehead atoms. The lowest BCUT2D eigenvalue weighted by Crippen LogP contribution is -2.13. The van der Waals surface area contributed by atoms with Gasteiger partial charge in [-0.3, -0.25) is 19.9 Å². The maximum Gasteiger partial charge on any atom is 0.270 e. The molecule has 0 aliphatic carbocycles. The number of hydrogen-bond donors (Lipinski definition) is 1. The van der Waals surface area contributed by atoms with E-state index in [0.717, 1.165) is 4.90 Å². The van der Waals surface area contributed by atoms with Gasteiger partial charge in [0, 0.05) is 40.0 Å². The molecule has 0 saturated heterocycles. The second-order valence-corrected chi connectivity index (χ2v) is 6.16. The van der Waals surface area contributed by atoms with Crippen LogP contribution in [0.15, 0.2) is 82.8 Å². The van der Waals surface area contributed by atoms with Gasteiger partial charge in [0.1, 0.15) is 0 Å². The molecule has 124 valence electrons. The highest BCUT2D eigenvalue weighted by Crippen LogP contribution is 2.32. The number of aromatic nitrogens is 1. The van der Waals surface area contributed by atoms with E-state index >= 15 is 0 Å². The number of carbonyl (C=O) groups is 1. The van der Waals surface area contributed by atoms with Gasteiger partial charge in [0.15, 0.2) is 0 Å². The lowest BCUT2D eigenvalue weighted by Gasteiger charge is -2.10. The van der Waals surface area contributed by atoms with Crippen LogP contribution in [0.4, 0.5) is 11.4 Å². The van der Waals surface area contributed by atoms with Crippen LogP contribution in [0.5, 0.6) is 0 Å². The van der Waals surface area contributed by atoms with Crippen molar-refractivity contribution in [1.29, 1.82) is 0 Å². The summed E-state index contributed by atoms with van der Waals surface area (Å²) in [6.07, 6.45) is 3.12. The van der Waals surface area contributed by atoms with Crippen molar-refractivity contribution in [2.75, 3.05) is 5.32 Å². The smallest absolute Gasteiger partial charge is 0.270 e. The first-order valence-corrected chi connectivity index (χ1v) is 8.18. The van der Waals surface area contributed by atoms with Crippen LogP contribution in [0.1, 0.15) is 10.4 Å². The lowest BCUT2D eigenvalue weighted by molar-refractivity contribution is -0.384. The zero-order chi connectivity index (χ0) is 17.6. The van der Waals surface area contributed by atoms with Gasteiger partial charge in [0.25, 0.3) is 11.6 Å². The van der Waals surface area contributed by atoms with E-state index in [1.807, 2.05) is 30.3 Å². The largest absolute Gasteiger partial charge is 0.322 e. The van der Waals surface area contributed by atoms with E-state index in [4.69, 9.17) is 0 Å². The van der Waals surface area contributed by atoms with Gasteiger partial charge < -0.3 is 5.32 Å². The number of hydrogen-bond acceptors (Lipinski definition) is 5. The average Bonchev–Trinajstić information content (AvgIpc) is 2.63. The number of nitro benzene ring substituents is 1. The standard InChI is InChI=1S/C18H13N3O3S/c22-18(20-13-8-10-19-11-9-13)16-12-14(21(23)24)6-7-17(16)25-15-4-2-1-3-5-15/h1-12H,(H,19,20,22). The fourth-order valence-electron chi connectivity index (χ4n) is 2.15. The van der Waals surface area contributed by atoms with Crippen molar-refractivity contribution >= 4 is 29.0 Å². The summed E-state index contributed by atoms with van der Waals surface area (Å²) in [6.45, 7) is 0. The van der Waals surface area contributed by atoms with E-state index in [2.05, 4.69) is 10.3 Å². The third-order valence-electron chi connectivity index (χ3n) is 3.33. The summed E-state index contributed by atoms with van der Waals surface area (Å²) in [5.74, 6) is -0.409. The van der Waals surface area contributed by atoms with E-state index < -0.39 is 10.8 Å². The number of nitrogens with zero attached hydrogens (tertiary/aromatic N) is 2. The molecular formula is C18H13N3O3S. The number of rotatable bonds is 5. The summed E-state index contributed by atoms with van der Waals surface area (Å²) in [5.41, 5.74) is 0.694. The SMILES string of the molecule is O=C(Nc1ccncc1)c1cc([N+](=O)[O-])ccc1Sc1ccccc1. The first kappa shape index (κ1) is 16.7. The van der Waals surface area contributed by atoms with E-state index in [1.165, 1.54) is 23.9 Å². The number of nitro groups is 1. The van der Waals surface area contributed by atoms with Crippen LogP contribution in [0.25, 0.3) is 0 Å². The van der Waals surface area contributed by atoms with E-state index in [9.17, 15) is 14.9 Å². The molecule has 2 aromatic carbocycles. The molecule has 0 unspecified atom stereocenters. The Morgan fingerprint density at radius 1 is 1.04 bits per heavy atom. The van der Waals surface area contributed by atoms with Crippen LogP contribution in [0, 0.1) is 10.1 Å².